The molecule has 0 spiro atoms. The van der Waals surface area contributed by atoms with Crippen LogP contribution in [0.4, 0.5) is 0 Å². The third-order valence-electron chi connectivity index (χ3n) is 3.79. The molecule has 5 heteroatoms. The van der Waals surface area contributed by atoms with Crippen molar-refractivity contribution in [3.63, 3.8) is 0 Å². The molecule has 20 heavy (non-hydrogen) atoms. The van der Waals surface area contributed by atoms with Crippen LogP contribution in [0.3, 0.4) is 0 Å². The second-order valence-corrected chi connectivity index (χ2v) is 6.45. The summed E-state index contributed by atoms with van der Waals surface area (Å²) in [6, 6.07) is 5.92. The number of halogens is 1. The Hall–Kier alpha value is -1.36. The molecule has 108 valence electrons. The molecule has 3 N–H and O–H groups in total. The van der Waals surface area contributed by atoms with E-state index in [-0.39, 0.29) is 18.2 Å². The summed E-state index contributed by atoms with van der Waals surface area (Å²) in [6.45, 7) is 2.00. The number of carbonyl (C=O) groups is 2. The number of benzene rings is 1. The summed E-state index contributed by atoms with van der Waals surface area (Å²) in [5.41, 5.74) is 6.95. The molecule has 0 aromatic heterocycles. The number of hydrogen-bond donors (Lipinski definition) is 2. The standard InChI is InChI=1S/C15H19BrN2O2/c1-10-3-4-11(12(16)7-10)8-14(20)18-15(5-2-6-15)9-13(17)19/h3-4,7H,2,5-6,8-9H2,1H3,(H2,17,19)(H,18,20). The summed E-state index contributed by atoms with van der Waals surface area (Å²) in [6.07, 6.45) is 3.23. The van der Waals surface area contributed by atoms with Gasteiger partial charge in [0, 0.05) is 16.4 Å². The van der Waals surface area contributed by atoms with Crippen LogP contribution in [-0.4, -0.2) is 17.4 Å². The molecule has 0 heterocycles. The number of rotatable bonds is 5. The Morgan fingerprint density at radius 2 is 2.10 bits per heavy atom. The molecule has 0 aliphatic heterocycles. The molecule has 1 aromatic rings. The first-order valence-electron chi connectivity index (χ1n) is 6.75. The van der Waals surface area contributed by atoms with E-state index in [9.17, 15) is 9.59 Å². The first kappa shape index (κ1) is 15.0. The molecule has 1 aliphatic rings. The second kappa shape index (κ2) is 5.95. The molecule has 0 radical (unpaired) electrons. The fourth-order valence-corrected chi connectivity index (χ4v) is 3.23. The van der Waals surface area contributed by atoms with Gasteiger partial charge in [0.15, 0.2) is 0 Å². The fraction of sp³-hybridized carbons (Fsp3) is 0.467. The smallest absolute Gasteiger partial charge is 0.224 e. The molecule has 1 aromatic carbocycles. The number of amides is 2. The normalized spacial score (nSPS) is 16.3. The molecule has 0 bridgehead atoms. The van der Waals surface area contributed by atoms with E-state index in [1.807, 2.05) is 25.1 Å². The van der Waals surface area contributed by atoms with Crippen molar-refractivity contribution >= 4 is 27.7 Å². The molecule has 1 aliphatic carbocycles. The summed E-state index contributed by atoms with van der Waals surface area (Å²) in [5.74, 6) is -0.419. The Morgan fingerprint density at radius 3 is 2.60 bits per heavy atom. The Balaban J connectivity index is 1.99. The highest BCUT2D eigenvalue weighted by atomic mass is 79.9. The molecule has 0 saturated heterocycles. The Bertz CT molecular complexity index is 539. The van der Waals surface area contributed by atoms with Crippen molar-refractivity contribution in [3.05, 3.63) is 33.8 Å². The Kier molecular flexibility index (Phi) is 4.48. The van der Waals surface area contributed by atoms with Gasteiger partial charge in [0.2, 0.25) is 11.8 Å². The minimum Gasteiger partial charge on any atom is -0.370 e. The number of carbonyl (C=O) groups excluding carboxylic acids is 2. The molecular weight excluding hydrogens is 320 g/mol. The van der Waals surface area contributed by atoms with Crippen molar-refractivity contribution in [2.45, 2.75) is 44.6 Å². The fourth-order valence-electron chi connectivity index (χ4n) is 2.59. The highest BCUT2D eigenvalue weighted by molar-refractivity contribution is 9.10. The van der Waals surface area contributed by atoms with E-state index in [0.717, 1.165) is 34.9 Å². The van der Waals surface area contributed by atoms with Gasteiger partial charge in [0.25, 0.3) is 0 Å². The van der Waals surface area contributed by atoms with Gasteiger partial charge in [-0.15, -0.1) is 0 Å². The summed E-state index contributed by atoms with van der Waals surface area (Å²) in [4.78, 5) is 23.3. The lowest BCUT2D eigenvalue weighted by Gasteiger charge is -2.41. The molecular formula is C15H19BrN2O2. The van der Waals surface area contributed by atoms with Crippen LogP contribution >= 0.6 is 15.9 Å². The van der Waals surface area contributed by atoms with Crippen molar-refractivity contribution in [2.24, 2.45) is 5.73 Å². The topological polar surface area (TPSA) is 72.2 Å². The largest absolute Gasteiger partial charge is 0.370 e. The van der Waals surface area contributed by atoms with Crippen molar-refractivity contribution in [1.29, 1.82) is 0 Å². The van der Waals surface area contributed by atoms with Gasteiger partial charge < -0.3 is 11.1 Å². The average Bonchev–Trinajstić information content (AvgIpc) is 2.29. The van der Waals surface area contributed by atoms with E-state index in [0.29, 0.717) is 6.42 Å². The molecule has 0 unspecified atom stereocenters. The molecule has 2 amide bonds. The van der Waals surface area contributed by atoms with Crippen LogP contribution in [-0.2, 0) is 16.0 Å². The number of primary amides is 1. The minimum absolute atomic E-state index is 0.0597. The van der Waals surface area contributed by atoms with Crippen molar-refractivity contribution in [3.8, 4) is 0 Å². The number of nitrogens with one attached hydrogen (secondary N) is 1. The van der Waals surface area contributed by atoms with Crippen molar-refractivity contribution in [2.75, 3.05) is 0 Å². The zero-order valence-corrected chi connectivity index (χ0v) is 13.1. The molecule has 0 atom stereocenters. The minimum atomic E-state index is -0.403. The third-order valence-corrected chi connectivity index (χ3v) is 4.53. The lowest BCUT2D eigenvalue weighted by atomic mass is 9.74. The maximum Gasteiger partial charge on any atom is 0.224 e. The number of aryl methyl sites for hydroxylation is 1. The van der Waals surface area contributed by atoms with E-state index < -0.39 is 5.54 Å². The molecule has 4 nitrogen and oxygen atoms in total. The summed E-state index contributed by atoms with van der Waals surface area (Å²) < 4.78 is 0.935. The van der Waals surface area contributed by atoms with Crippen LogP contribution in [0.2, 0.25) is 0 Å². The van der Waals surface area contributed by atoms with Crippen LogP contribution in [0.1, 0.15) is 36.8 Å². The maximum absolute atomic E-state index is 12.2. The van der Waals surface area contributed by atoms with E-state index in [2.05, 4.69) is 21.2 Å². The predicted molar refractivity (Wildman–Crippen MR) is 81.1 cm³/mol. The van der Waals surface area contributed by atoms with Gasteiger partial charge in [0.05, 0.1) is 6.42 Å². The lowest BCUT2D eigenvalue weighted by Crippen LogP contribution is -2.55. The quantitative estimate of drug-likeness (QED) is 0.863. The third kappa shape index (κ3) is 3.60. The van der Waals surface area contributed by atoms with Crippen LogP contribution in [0.25, 0.3) is 0 Å². The van der Waals surface area contributed by atoms with Crippen LogP contribution in [0.15, 0.2) is 22.7 Å². The average molecular weight is 339 g/mol. The zero-order chi connectivity index (χ0) is 14.8. The van der Waals surface area contributed by atoms with Gasteiger partial charge in [0.1, 0.15) is 0 Å². The van der Waals surface area contributed by atoms with Crippen molar-refractivity contribution < 1.29 is 9.59 Å². The van der Waals surface area contributed by atoms with Gasteiger partial charge in [-0.2, -0.15) is 0 Å². The molecule has 2 rings (SSSR count). The summed E-state index contributed by atoms with van der Waals surface area (Å²) >= 11 is 3.47. The van der Waals surface area contributed by atoms with Gasteiger partial charge in [-0.05, 0) is 43.4 Å². The van der Waals surface area contributed by atoms with Crippen molar-refractivity contribution in [1.82, 2.24) is 5.32 Å². The Morgan fingerprint density at radius 1 is 1.40 bits per heavy atom. The summed E-state index contributed by atoms with van der Waals surface area (Å²) in [5, 5.41) is 2.99. The van der Waals surface area contributed by atoms with Gasteiger partial charge in [-0.1, -0.05) is 28.1 Å². The number of hydrogen-bond acceptors (Lipinski definition) is 2. The Labute approximate surface area is 127 Å². The van der Waals surface area contributed by atoms with E-state index in [1.165, 1.54) is 0 Å². The van der Waals surface area contributed by atoms with Crippen LogP contribution in [0, 0.1) is 6.92 Å². The summed E-state index contributed by atoms with van der Waals surface area (Å²) in [7, 11) is 0. The van der Waals surface area contributed by atoms with Crippen LogP contribution < -0.4 is 11.1 Å². The number of nitrogens with two attached hydrogens (primary N) is 1. The first-order valence-corrected chi connectivity index (χ1v) is 7.54. The highest BCUT2D eigenvalue weighted by Gasteiger charge is 2.39. The highest BCUT2D eigenvalue weighted by Crippen LogP contribution is 2.34. The van der Waals surface area contributed by atoms with Gasteiger partial charge >= 0.3 is 0 Å². The van der Waals surface area contributed by atoms with E-state index in [1.54, 1.807) is 0 Å². The predicted octanol–water partition coefficient (Wildman–Crippen LogP) is 2.21. The van der Waals surface area contributed by atoms with Gasteiger partial charge in [-0.25, -0.2) is 0 Å². The van der Waals surface area contributed by atoms with E-state index in [4.69, 9.17) is 5.73 Å². The lowest BCUT2D eigenvalue weighted by molar-refractivity contribution is -0.125. The zero-order valence-electron chi connectivity index (χ0n) is 11.5. The maximum atomic E-state index is 12.2. The van der Waals surface area contributed by atoms with Gasteiger partial charge in [-0.3, -0.25) is 9.59 Å². The van der Waals surface area contributed by atoms with Crippen LogP contribution in [0.5, 0.6) is 0 Å². The van der Waals surface area contributed by atoms with E-state index >= 15 is 0 Å². The second-order valence-electron chi connectivity index (χ2n) is 5.60. The molecule has 1 saturated carbocycles. The SMILES string of the molecule is Cc1ccc(CC(=O)NC2(CC(N)=O)CCC2)c(Br)c1. The monoisotopic (exact) mass is 338 g/mol. The first-order chi connectivity index (χ1) is 9.40. The molecule has 1 fully saturated rings.